The van der Waals surface area contributed by atoms with Gasteiger partial charge in [-0.1, -0.05) is 0 Å². The van der Waals surface area contributed by atoms with Gasteiger partial charge >= 0.3 is 11.7 Å². The minimum atomic E-state index is -0.638. The van der Waals surface area contributed by atoms with Crippen LogP contribution in [0, 0.1) is 21.4 Å². The minimum Gasteiger partial charge on any atom is -0.466 e. The highest BCUT2D eigenvalue weighted by Crippen LogP contribution is 2.22. The second-order valence-corrected chi connectivity index (χ2v) is 3.44. The Labute approximate surface area is 109 Å². The first-order valence-corrected chi connectivity index (χ1v) is 5.52. The lowest BCUT2D eigenvalue weighted by Crippen LogP contribution is -2.13. The molecule has 8 nitrogen and oxygen atoms in total. The van der Waals surface area contributed by atoms with Gasteiger partial charge in [0.25, 0.3) is 0 Å². The lowest BCUT2D eigenvalue weighted by molar-refractivity contribution is -0.384. The molecule has 0 radical (unpaired) electrons. The number of ether oxygens (including phenoxy) is 1. The Morgan fingerprint density at radius 1 is 1.68 bits per heavy atom. The summed E-state index contributed by atoms with van der Waals surface area (Å²) in [6.45, 7) is 2.14. The average molecular weight is 264 g/mol. The van der Waals surface area contributed by atoms with Gasteiger partial charge in [-0.25, -0.2) is 4.98 Å². The van der Waals surface area contributed by atoms with E-state index in [1.54, 1.807) is 13.0 Å². The quantitative estimate of drug-likeness (QED) is 0.466. The fraction of sp³-hybridized carbons (Fsp3) is 0.364. The predicted molar refractivity (Wildman–Crippen MR) is 65.3 cm³/mol. The van der Waals surface area contributed by atoms with Crippen molar-refractivity contribution in [3.8, 4) is 6.07 Å². The SMILES string of the molecule is CCOC(=O)CCNc1ncc(C#N)cc1[N+](=O)[O-]. The van der Waals surface area contributed by atoms with E-state index in [1.165, 1.54) is 6.20 Å². The summed E-state index contributed by atoms with van der Waals surface area (Å²) in [6.07, 6.45) is 1.30. The number of nitriles is 1. The van der Waals surface area contributed by atoms with E-state index in [4.69, 9.17) is 10.00 Å². The molecule has 1 N–H and O–H groups in total. The maximum absolute atomic E-state index is 11.1. The largest absolute Gasteiger partial charge is 0.466 e. The summed E-state index contributed by atoms with van der Waals surface area (Å²) in [5, 5.41) is 22.1. The summed E-state index contributed by atoms with van der Waals surface area (Å²) < 4.78 is 4.72. The number of nitrogens with zero attached hydrogens (tertiary/aromatic N) is 3. The molecule has 0 amide bonds. The molecule has 0 aromatic carbocycles. The number of esters is 1. The summed E-state index contributed by atoms with van der Waals surface area (Å²) in [5.41, 5.74) is -0.203. The molecule has 0 atom stereocenters. The zero-order valence-corrected chi connectivity index (χ0v) is 10.3. The van der Waals surface area contributed by atoms with E-state index < -0.39 is 10.9 Å². The first-order valence-electron chi connectivity index (χ1n) is 5.52. The topological polar surface area (TPSA) is 118 Å². The molecule has 0 bridgehead atoms. The van der Waals surface area contributed by atoms with Crippen LogP contribution < -0.4 is 5.32 Å². The van der Waals surface area contributed by atoms with Crippen LogP contribution in [0.3, 0.4) is 0 Å². The summed E-state index contributed by atoms with van der Waals surface area (Å²) in [7, 11) is 0. The van der Waals surface area contributed by atoms with E-state index in [0.29, 0.717) is 0 Å². The standard InChI is InChI=1S/C11H12N4O4/c1-2-19-10(16)3-4-13-11-9(15(17)18)5-8(6-12)7-14-11/h5,7H,2-4H2,1H3,(H,13,14). The molecule has 0 fully saturated rings. The molecular formula is C11H12N4O4. The monoisotopic (exact) mass is 264 g/mol. The van der Waals surface area contributed by atoms with Crippen molar-refractivity contribution in [1.82, 2.24) is 4.98 Å². The molecule has 1 aromatic heterocycles. The van der Waals surface area contributed by atoms with Gasteiger partial charge in [0, 0.05) is 18.8 Å². The van der Waals surface area contributed by atoms with Crippen LogP contribution in [0.25, 0.3) is 0 Å². The number of hydrogen-bond donors (Lipinski definition) is 1. The normalized spacial score (nSPS) is 9.47. The summed E-state index contributed by atoms with van der Waals surface area (Å²) in [6, 6.07) is 2.90. The molecule has 0 aliphatic heterocycles. The smallest absolute Gasteiger partial charge is 0.312 e. The molecule has 8 heteroatoms. The van der Waals surface area contributed by atoms with Crippen LogP contribution >= 0.6 is 0 Å². The highest BCUT2D eigenvalue weighted by molar-refractivity contribution is 5.70. The molecular weight excluding hydrogens is 252 g/mol. The zero-order chi connectivity index (χ0) is 14.3. The van der Waals surface area contributed by atoms with Gasteiger partial charge in [0.05, 0.1) is 23.5 Å². The number of hydrogen-bond acceptors (Lipinski definition) is 7. The van der Waals surface area contributed by atoms with Crippen LogP contribution in [-0.4, -0.2) is 29.0 Å². The Bertz CT molecular complexity index is 524. The van der Waals surface area contributed by atoms with Gasteiger partial charge in [0.1, 0.15) is 6.07 Å². The molecule has 1 rings (SSSR count). The highest BCUT2D eigenvalue weighted by Gasteiger charge is 2.16. The fourth-order valence-electron chi connectivity index (χ4n) is 1.31. The van der Waals surface area contributed by atoms with Crippen LogP contribution in [-0.2, 0) is 9.53 Å². The third-order valence-electron chi connectivity index (χ3n) is 2.12. The zero-order valence-electron chi connectivity index (χ0n) is 10.3. The first kappa shape index (κ1) is 14.4. The van der Waals surface area contributed by atoms with Crippen molar-refractivity contribution in [2.75, 3.05) is 18.5 Å². The Morgan fingerprint density at radius 3 is 3.00 bits per heavy atom. The number of rotatable bonds is 6. The number of pyridine rings is 1. The molecule has 0 spiro atoms. The van der Waals surface area contributed by atoms with Gasteiger partial charge in [-0.3, -0.25) is 14.9 Å². The number of carbonyl (C=O) groups excluding carboxylic acids is 1. The number of carbonyl (C=O) groups is 1. The average Bonchev–Trinajstić information content (AvgIpc) is 2.39. The minimum absolute atomic E-state index is 0.0216. The van der Waals surface area contributed by atoms with Crippen molar-refractivity contribution in [3.63, 3.8) is 0 Å². The summed E-state index contributed by atoms with van der Waals surface area (Å²) in [4.78, 5) is 25.1. The van der Waals surface area contributed by atoms with Crippen molar-refractivity contribution in [3.05, 3.63) is 27.9 Å². The fourth-order valence-corrected chi connectivity index (χ4v) is 1.31. The maximum atomic E-state index is 11.1. The third kappa shape index (κ3) is 4.23. The lowest BCUT2D eigenvalue weighted by Gasteiger charge is -2.05. The van der Waals surface area contributed by atoms with Gasteiger partial charge in [0.2, 0.25) is 5.82 Å². The Kier molecular flexibility index (Phi) is 5.22. The molecule has 0 aliphatic rings. The molecule has 1 aromatic rings. The van der Waals surface area contributed by atoms with Crippen molar-refractivity contribution >= 4 is 17.5 Å². The van der Waals surface area contributed by atoms with Crippen LogP contribution in [0.1, 0.15) is 18.9 Å². The number of nitrogens with one attached hydrogen (secondary N) is 1. The van der Waals surface area contributed by atoms with Gasteiger partial charge < -0.3 is 10.1 Å². The van der Waals surface area contributed by atoms with Crippen LogP contribution in [0.2, 0.25) is 0 Å². The van der Waals surface area contributed by atoms with E-state index in [-0.39, 0.29) is 36.6 Å². The van der Waals surface area contributed by atoms with Crippen molar-refractivity contribution < 1.29 is 14.5 Å². The highest BCUT2D eigenvalue weighted by atomic mass is 16.6. The Balaban J connectivity index is 2.70. The van der Waals surface area contributed by atoms with E-state index in [9.17, 15) is 14.9 Å². The molecule has 0 aliphatic carbocycles. The van der Waals surface area contributed by atoms with E-state index in [1.807, 2.05) is 0 Å². The van der Waals surface area contributed by atoms with Gasteiger partial charge in [-0.2, -0.15) is 5.26 Å². The van der Waals surface area contributed by atoms with Gasteiger partial charge in [-0.05, 0) is 6.92 Å². The van der Waals surface area contributed by atoms with Crippen LogP contribution in [0.15, 0.2) is 12.3 Å². The van der Waals surface area contributed by atoms with Crippen LogP contribution in [0.4, 0.5) is 11.5 Å². The molecule has 0 unspecified atom stereocenters. The van der Waals surface area contributed by atoms with Crippen molar-refractivity contribution in [1.29, 1.82) is 5.26 Å². The van der Waals surface area contributed by atoms with E-state index in [0.717, 1.165) is 6.07 Å². The second kappa shape index (κ2) is 6.90. The third-order valence-corrected chi connectivity index (χ3v) is 2.12. The van der Waals surface area contributed by atoms with E-state index >= 15 is 0 Å². The number of aromatic nitrogens is 1. The second-order valence-electron chi connectivity index (χ2n) is 3.44. The molecule has 0 saturated carbocycles. The number of nitro groups is 1. The lowest BCUT2D eigenvalue weighted by atomic mass is 10.2. The molecule has 19 heavy (non-hydrogen) atoms. The Hall–Kier alpha value is -2.69. The van der Waals surface area contributed by atoms with Crippen molar-refractivity contribution in [2.24, 2.45) is 0 Å². The molecule has 1 heterocycles. The van der Waals surface area contributed by atoms with Gasteiger partial charge in [-0.15, -0.1) is 0 Å². The predicted octanol–water partition coefficient (Wildman–Crippen LogP) is 1.23. The van der Waals surface area contributed by atoms with E-state index in [2.05, 4.69) is 10.3 Å². The Morgan fingerprint density at radius 2 is 2.42 bits per heavy atom. The van der Waals surface area contributed by atoms with Crippen LogP contribution in [0.5, 0.6) is 0 Å². The molecule has 100 valence electrons. The molecule has 0 saturated heterocycles. The van der Waals surface area contributed by atoms with Gasteiger partial charge in [0.15, 0.2) is 0 Å². The first-order chi connectivity index (χ1) is 9.08. The summed E-state index contributed by atoms with van der Waals surface area (Å²) >= 11 is 0. The number of anilines is 1. The summed E-state index contributed by atoms with van der Waals surface area (Å²) in [5.74, 6) is -0.375. The maximum Gasteiger partial charge on any atom is 0.312 e. The van der Waals surface area contributed by atoms with Crippen molar-refractivity contribution in [2.45, 2.75) is 13.3 Å².